The zero-order valence-electron chi connectivity index (χ0n) is 9.66. The van der Waals surface area contributed by atoms with Gasteiger partial charge in [0.2, 0.25) is 0 Å². The molecule has 0 aliphatic carbocycles. The summed E-state index contributed by atoms with van der Waals surface area (Å²) in [6.07, 6.45) is 0.958. The summed E-state index contributed by atoms with van der Waals surface area (Å²) in [7, 11) is 0. The molecule has 0 aliphatic heterocycles. The van der Waals surface area contributed by atoms with Crippen molar-refractivity contribution in [3.8, 4) is 0 Å². The van der Waals surface area contributed by atoms with Gasteiger partial charge in [0.25, 0.3) is 0 Å². The SMILES string of the molecule is O=C(CCc1ccsc1)Cc1cccc(F)c1F. The first-order chi connectivity index (χ1) is 8.66. The van der Waals surface area contributed by atoms with Gasteiger partial charge in [0.15, 0.2) is 11.6 Å². The van der Waals surface area contributed by atoms with E-state index in [2.05, 4.69) is 0 Å². The maximum atomic E-state index is 13.4. The van der Waals surface area contributed by atoms with Crippen LogP contribution in [0.1, 0.15) is 17.5 Å². The number of halogens is 2. The molecule has 1 nitrogen and oxygen atoms in total. The Morgan fingerprint density at radius 3 is 2.78 bits per heavy atom. The van der Waals surface area contributed by atoms with Gasteiger partial charge in [-0.05, 0) is 40.4 Å². The highest BCUT2D eigenvalue weighted by molar-refractivity contribution is 7.07. The number of Topliss-reactive ketones (excluding diaryl/α,β-unsaturated/α-hetero) is 1. The maximum Gasteiger partial charge on any atom is 0.162 e. The van der Waals surface area contributed by atoms with E-state index in [1.165, 1.54) is 12.1 Å². The van der Waals surface area contributed by atoms with Crippen molar-refractivity contribution >= 4 is 17.1 Å². The number of rotatable bonds is 5. The predicted molar refractivity (Wildman–Crippen MR) is 67.7 cm³/mol. The lowest BCUT2D eigenvalue weighted by Gasteiger charge is -2.03. The minimum Gasteiger partial charge on any atom is -0.299 e. The first-order valence-electron chi connectivity index (χ1n) is 5.62. The van der Waals surface area contributed by atoms with Crippen LogP contribution >= 0.6 is 11.3 Å². The van der Waals surface area contributed by atoms with E-state index in [0.717, 1.165) is 11.6 Å². The average molecular weight is 266 g/mol. The van der Waals surface area contributed by atoms with Crippen LogP contribution in [0.2, 0.25) is 0 Å². The van der Waals surface area contributed by atoms with Crippen molar-refractivity contribution in [2.24, 2.45) is 0 Å². The summed E-state index contributed by atoms with van der Waals surface area (Å²) >= 11 is 1.58. The Hall–Kier alpha value is -1.55. The van der Waals surface area contributed by atoms with Crippen LogP contribution in [0.15, 0.2) is 35.0 Å². The standard InChI is InChI=1S/C14H12F2OS/c15-13-3-1-2-11(14(13)16)8-12(17)5-4-10-6-7-18-9-10/h1-3,6-7,9H,4-5,8H2. The Morgan fingerprint density at radius 2 is 2.06 bits per heavy atom. The molecule has 0 spiro atoms. The van der Waals surface area contributed by atoms with Crippen LogP contribution in [-0.2, 0) is 17.6 Å². The molecule has 1 aromatic heterocycles. The number of carbonyl (C=O) groups excluding carboxylic acids is 1. The first-order valence-corrected chi connectivity index (χ1v) is 6.57. The quantitative estimate of drug-likeness (QED) is 0.805. The van der Waals surface area contributed by atoms with Gasteiger partial charge in [-0.1, -0.05) is 12.1 Å². The number of aryl methyl sites for hydroxylation is 1. The van der Waals surface area contributed by atoms with Crippen molar-refractivity contribution in [1.82, 2.24) is 0 Å². The zero-order valence-corrected chi connectivity index (χ0v) is 10.5. The van der Waals surface area contributed by atoms with Crippen molar-refractivity contribution < 1.29 is 13.6 Å². The third-order valence-corrected chi connectivity index (χ3v) is 3.42. The summed E-state index contributed by atoms with van der Waals surface area (Å²) in [5.41, 5.74) is 1.23. The molecule has 0 atom stereocenters. The topological polar surface area (TPSA) is 17.1 Å². The van der Waals surface area contributed by atoms with Crippen LogP contribution in [0.25, 0.3) is 0 Å². The second kappa shape index (κ2) is 5.87. The van der Waals surface area contributed by atoms with E-state index >= 15 is 0 Å². The maximum absolute atomic E-state index is 13.4. The Bertz CT molecular complexity index is 535. The molecule has 0 saturated carbocycles. The van der Waals surface area contributed by atoms with Gasteiger partial charge in [-0.25, -0.2) is 8.78 Å². The number of benzene rings is 1. The van der Waals surface area contributed by atoms with Crippen molar-refractivity contribution in [2.45, 2.75) is 19.3 Å². The highest BCUT2D eigenvalue weighted by atomic mass is 32.1. The van der Waals surface area contributed by atoms with Gasteiger partial charge in [0.1, 0.15) is 5.78 Å². The predicted octanol–water partition coefficient (Wildman–Crippen LogP) is 3.77. The molecule has 0 unspecified atom stereocenters. The van der Waals surface area contributed by atoms with Gasteiger partial charge in [-0.15, -0.1) is 0 Å². The van der Waals surface area contributed by atoms with Gasteiger partial charge in [-0.3, -0.25) is 4.79 Å². The van der Waals surface area contributed by atoms with E-state index in [1.807, 2.05) is 16.8 Å². The molecule has 0 amide bonds. The molecule has 1 aromatic carbocycles. The lowest BCUT2D eigenvalue weighted by atomic mass is 10.0. The van der Waals surface area contributed by atoms with Crippen LogP contribution in [0.3, 0.4) is 0 Å². The second-order valence-corrected chi connectivity index (χ2v) is 4.84. The fraction of sp³-hybridized carbons (Fsp3) is 0.214. The third-order valence-electron chi connectivity index (χ3n) is 2.69. The van der Waals surface area contributed by atoms with Crippen molar-refractivity contribution in [2.75, 3.05) is 0 Å². The minimum absolute atomic E-state index is 0.0479. The Morgan fingerprint density at radius 1 is 1.22 bits per heavy atom. The van der Waals surface area contributed by atoms with E-state index in [1.54, 1.807) is 11.3 Å². The Kier molecular flexibility index (Phi) is 4.20. The van der Waals surface area contributed by atoms with Crippen molar-refractivity contribution in [1.29, 1.82) is 0 Å². The Balaban J connectivity index is 1.93. The van der Waals surface area contributed by atoms with Gasteiger partial charge in [0.05, 0.1) is 0 Å². The van der Waals surface area contributed by atoms with E-state index < -0.39 is 11.6 Å². The summed E-state index contributed by atoms with van der Waals surface area (Å²) < 4.78 is 26.3. The lowest BCUT2D eigenvalue weighted by Crippen LogP contribution is -2.06. The lowest BCUT2D eigenvalue weighted by molar-refractivity contribution is -0.118. The summed E-state index contributed by atoms with van der Waals surface area (Å²) in [6, 6.07) is 5.87. The molecule has 18 heavy (non-hydrogen) atoms. The molecule has 0 fully saturated rings. The van der Waals surface area contributed by atoms with Crippen molar-refractivity contribution in [3.63, 3.8) is 0 Å². The molecule has 0 N–H and O–H groups in total. The zero-order chi connectivity index (χ0) is 13.0. The monoisotopic (exact) mass is 266 g/mol. The van der Waals surface area contributed by atoms with Gasteiger partial charge >= 0.3 is 0 Å². The summed E-state index contributed by atoms with van der Waals surface area (Å²) in [4.78, 5) is 11.7. The molecule has 0 aliphatic rings. The number of carbonyl (C=O) groups is 1. The molecule has 94 valence electrons. The summed E-state index contributed by atoms with van der Waals surface area (Å²) in [5.74, 6) is -1.90. The molecule has 2 rings (SSSR count). The van der Waals surface area contributed by atoms with Crippen LogP contribution in [-0.4, -0.2) is 5.78 Å². The number of hydrogen-bond acceptors (Lipinski definition) is 2. The third kappa shape index (κ3) is 3.23. The van der Waals surface area contributed by atoms with Crippen LogP contribution < -0.4 is 0 Å². The van der Waals surface area contributed by atoms with E-state index in [-0.39, 0.29) is 17.8 Å². The molecule has 2 aromatic rings. The van der Waals surface area contributed by atoms with Gasteiger partial charge < -0.3 is 0 Å². The number of thiophene rings is 1. The van der Waals surface area contributed by atoms with E-state index in [0.29, 0.717) is 12.8 Å². The molecule has 0 bridgehead atoms. The van der Waals surface area contributed by atoms with Crippen LogP contribution in [0, 0.1) is 11.6 Å². The van der Waals surface area contributed by atoms with Crippen molar-refractivity contribution in [3.05, 3.63) is 57.8 Å². The summed E-state index contributed by atoms with van der Waals surface area (Å²) in [5, 5.41) is 3.93. The van der Waals surface area contributed by atoms with Gasteiger partial charge in [0, 0.05) is 12.8 Å². The molecule has 0 radical (unpaired) electrons. The fourth-order valence-corrected chi connectivity index (χ4v) is 2.41. The highest BCUT2D eigenvalue weighted by Gasteiger charge is 2.11. The molecular weight excluding hydrogens is 254 g/mol. The molecule has 4 heteroatoms. The highest BCUT2D eigenvalue weighted by Crippen LogP contribution is 2.14. The van der Waals surface area contributed by atoms with Crippen LogP contribution in [0.4, 0.5) is 8.78 Å². The van der Waals surface area contributed by atoms with E-state index in [4.69, 9.17) is 0 Å². The normalized spacial score (nSPS) is 10.6. The molecular formula is C14H12F2OS. The Labute approximate surface area is 108 Å². The smallest absolute Gasteiger partial charge is 0.162 e. The fourth-order valence-electron chi connectivity index (χ4n) is 1.70. The summed E-state index contributed by atoms with van der Waals surface area (Å²) in [6.45, 7) is 0. The molecule has 1 heterocycles. The molecule has 0 saturated heterocycles. The number of ketones is 1. The van der Waals surface area contributed by atoms with E-state index in [9.17, 15) is 13.6 Å². The van der Waals surface area contributed by atoms with Crippen LogP contribution in [0.5, 0.6) is 0 Å². The number of hydrogen-bond donors (Lipinski definition) is 0. The first kappa shape index (κ1) is 12.9. The average Bonchev–Trinajstić information content (AvgIpc) is 2.86. The largest absolute Gasteiger partial charge is 0.299 e. The second-order valence-electron chi connectivity index (χ2n) is 4.06. The minimum atomic E-state index is -0.915. The van der Waals surface area contributed by atoms with Gasteiger partial charge in [-0.2, -0.15) is 11.3 Å².